The van der Waals surface area contributed by atoms with Crippen molar-refractivity contribution in [3.05, 3.63) is 78.1 Å². The zero-order valence-corrected chi connectivity index (χ0v) is 19.5. The molecule has 0 radical (unpaired) electrons. The zero-order chi connectivity index (χ0) is 25.1. The highest BCUT2D eigenvalue weighted by Gasteiger charge is 2.20. The summed E-state index contributed by atoms with van der Waals surface area (Å²) in [4.78, 5) is 25.6. The molecule has 0 saturated heterocycles. The van der Waals surface area contributed by atoms with E-state index in [0.29, 0.717) is 22.8 Å². The minimum Gasteiger partial charge on any atom is -0.495 e. The van der Waals surface area contributed by atoms with Crippen molar-refractivity contribution in [3.63, 3.8) is 0 Å². The van der Waals surface area contributed by atoms with Crippen LogP contribution in [-0.4, -0.2) is 45.8 Å². The molecule has 0 aliphatic carbocycles. The van der Waals surface area contributed by atoms with Crippen molar-refractivity contribution in [1.82, 2.24) is 20.2 Å². The molecular formula is C26H21N5O5. The number of fused-ring (bicyclic) bond motifs is 3. The lowest BCUT2D eigenvalue weighted by Gasteiger charge is -2.12. The van der Waals surface area contributed by atoms with E-state index in [4.69, 9.17) is 13.9 Å². The minimum absolute atomic E-state index is 0.0674. The Morgan fingerprint density at radius 2 is 1.81 bits per heavy atom. The van der Waals surface area contributed by atoms with E-state index in [1.165, 1.54) is 11.8 Å². The van der Waals surface area contributed by atoms with Crippen LogP contribution in [0.1, 0.15) is 11.4 Å². The van der Waals surface area contributed by atoms with E-state index in [2.05, 4.69) is 20.8 Å². The number of aryl methyl sites for hydroxylation is 1. The van der Waals surface area contributed by atoms with Gasteiger partial charge in [-0.15, -0.1) is 5.10 Å². The van der Waals surface area contributed by atoms with Gasteiger partial charge in [-0.3, -0.25) is 4.79 Å². The van der Waals surface area contributed by atoms with Crippen molar-refractivity contribution in [2.45, 2.75) is 6.92 Å². The number of para-hydroxylation sites is 1. The summed E-state index contributed by atoms with van der Waals surface area (Å²) in [6.07, 6.45) is 1.59. The Morgan fingerprint density at radius 3 is 2.56 bits per heavy atom. The van der Waals surface area contributed by atoms with Gasteiger partial charge in [0.05, 0.1) is 12.8 Å². The average Bonchev–Trinajstić information content (AvgIpc) is 3.48. The highest BCUT2D eigenvalue weighted by atomic mass is 16.5. The van der Waals surface area contributed by atoms with Gasteiger partial charge < -0.3 is 19.2 Å². The van der Waals surface area contributed by atoms with Crippen LogP contribution in [0.4, 0.5) is 5.69 Å². The van der Waals surface area contributed by atoms with E-state index in [1.54, 1.807) is 25.1 Å². The maximum Gasteiger partial charge on any atom is 0.357 e. The number of furan rings is 1. The number of carbonyl (C=O) groups is 2. The highest BCUT2D eigenvalue weighted by molar-refractivity contribution is 6.16. The van der Waals surface area contributed by atoms with Crippen LogP contribution in [-0.2, 0) is 14.3 Å². The Kier molecular flexibility index (Phi) is 6.14. The van der Waals surface area contributed by atoms with E-state index < -0.39 is 18.5 Å². The molecule has 0 atom stereocenters. The second-order valence-corrected chi connectivity index (χ2v) is 7.85. The number of hydrogen-bond acceptors (Lipinski definition) is 8. The van der Waals surface area contributed by atoms with Crippen LogP contribution in [0.3, 0.4) is 0 Å². The Hall–Kier alpha value is -4.99. The molecule has 0 fully saturated rings. The van der Waals surface area contributed by atoms with E-state index >= 15 is 0 Å². The second-order valence-electron chi connectivity index (χ2n) is 7.85. The van der Waals surface area contributed by atoms with Gasteiger partial charge in [0.15, 0.2) is 18.1 Å². The molecule has 0 bridgehead atoms. The quantitative estimate of drug-likeness (QED) is 0.272. The molecular weight excluding hydrogens is 462 g/mol. The number of carbonyl (C=O) groups excluding carboxylic acids is 2. The number of nitrogens with one attached hydrogen (secondary N) is 1. The number of benzene rings is 3. The van der Waals surface area contributed by atoms with Gasteiger partial charge in [0.25, 0.3) is 5.91 Å². The van der Waals surface area contributed by atoms with E-state index in [9.17, 15) is 9.59 Å². The minimum atomic E-state index is -0.760. The molecule has 0 saturated carbocycles. The summed E-state index contributed by atoms with van der Waals surface area (Å²) in [7, 11) is 1.51. The normalized spacial score (nSPS) is 11.6. The Labute approximate surface area is 205 Å². The fourth-order valence-electron chi connectivity index (χ4n) is 3.78. The smallest absolute Gasteiger partial charge is 0.357 e. The van der Waals surface area contributed by atoms with Crippen LogP contribution in [0.5, 0.6) is 5.75 Å². The average molecular weight is 483 g/mol. The molecule has 36 heavy (non-hydrogen) atoms. The molecule has 0 aliphatic rings. The largest absolute Gasteiger partial charge is 0.495 e. The number of nitrogens with zero attached hydrogens (tertiary/aromatic N) is 4. The van der Waals surface area contributed by atoms with Crippen molar-refractivity contribution < 1.29 is 23.5 Å². The summed E-state index contributed by atoms with van der Waals surface area (Å²) in [6.45, 7) is 1.12. The van der Waals surface area contributed by atoms with Crippen LogP contribution >= 0.6 is 0 Å². The maximum atomic E-state index is 12.9. The summed E-state index contributed by atoms with van der Waals surface area (Å²) in [6, 6.07) is 20.3. The van der Waals surface area contributed by atoms with Crippen LogP contribution in [0.2, 0.25) is 0 Å². The molecule has 3 aromatic carbocycles. The van der Waals surface area contributed by atoms with Crippen molar-refractivity contribution in [2.75, 3.05) is 19.0 Å². The summed E-state index contributed by atoms with van der Waals surface area (Å²) < 4.78 is 17.9. The highest BCUT2D eigenvalue weighted by Crippen LogP contribution is 2.36. The van der Waals surface area contributed by atoms with Gasteiger partial charge >= 0.3 is 5.97 Å². The van der Waals surface area contributed by atoms with Crippen LogP contribution in [0, 0.1) is 6.92 Å². The molecule has 1 amide bonds. The molecule has 5 aromatic rings. The van der Waals surface area contributed by atoms with Crippen molar-refractivity contribution in [3.8, 4) is 5.75 Å². The van der Waals surface area contributed by atoms with Gasteiger partial charge in [0.1, 0.15) is 16.9 Å². The summed E-state index contributed by atoms with van der Waals surface area (Å²) in [5.74, 6) is -0.473. The first-order valence-corrected chi connectivity index (χ1v) is 11.0. The number of amides is 1. The standard InChI is InChI=1S/C26H21N5O5/c1-16-28-29-30-31(16)21(12-17-8-4-3-5-9-17)26(33)35-15-25(32)27-20-14-23-19(13-24(20)34-2)18-10-6-7-11-22(18)36-23/h3-14H,15H2,1-2H3,(H,27,32). The van der Waals surface area contributed by atoms with Crippen molar-refractivity contribution in [1.29, 1.82) is 0 Å². The number of esters is 1. The molecule has 5 rings (SSSR count). The van der Waals surface area contributed by atoms with E-state index in [0.717, 1.165) is 21.9 Å². The third kappa shape index (κ3) is 4.51. The molecule has 0 unspecified atom stereocenters. The number of rotatable bonds is 7. The van der Waals surface area contributed by atoms with Gasteiger partial charge in [-0.25, -0.2) is 4.79 Å². The van der Waals surface area contributed by atoms with Crippen LogP contribution in [0.15, 0.2) is 71.1 Å². The number of hydrogen-bond donors (Lipinski definition) is 1. The molecule has 2 aromatic heterocycles. The van der Waals surface area contributed by atoms with Crippen LogP contribution in [0.25, 0.3) is 33.7 Å². The molecule has 0 aliphatic heterocycles. The van der Waals surface area contributed by atoms with Crippen molar-refractivity contribution >= 4 is 51.3 Å². The monoisotopic (exact) mass is 483 g/mol. The Morgan fingerprint density at radius 1 is 1.03 bits per heavy atom. The SMILES string of the molecule is COc1cc2c(cc1NC(=O)COC(=O)C(=Cc1ccccc1)n1nnnc1C)oc1ccccc12. The number of anilines is 1. The van der Waals surface area contributed by atoms with Gasteiger partial charge in [0, 0.05) is 16.8 Å². The third-order valence-corrected chi connectivity index (χ3v) is 5.47. The van der Waals surface area contributed by atoms with Gasteiger partial charge in [-0.2, -0.15) is 4.68 Å². The number of ether oxygens (including phenoxy) is 2. The van der Waals surface area contributed by atoms with Gasteiger partial charge in [-0.05, 0) is 41.1 Å². The first kappa shape index (κ1) is 22.8. The van der Waals surface area contributed by atoms with Crippen LogP contribution < -0.4 is 10.1 Å². The van der Waals surface area contributed by atoms with Gasteiger partial charge in [0.2, 0.25) is 0 Å². The molecule has 180 valence electrons. The lowest BCUT2D eigenvalue weighted by Crippen LogP contribution is -2.23. The molecule has 0 spiro atoms. The molecule has 10 nitrogen and oxygen atoms in total. The van der Waals surface area contributed by atoms with Gasteiger partial charge in [-0.1, -0.05) is 48.5 Å². The first-order valence-electron chi connectivity index (χ1n) is 11.0. The number of tetrazole rings is 1. The molecule has 1 N–H and O–H groups in total. The zero-order valence-electron chi connectivity index (χ0n) is 19.5. The lowest BCUT2D eigenvalue weighted by molar-refractivity contribution is -0.141. The first-order chi connectivity index (χ1) is 17.5. The third-order valence-electron chi connectivity index (χ3n) is 5.47. The summed E-state index contributed by atoms with van der Waals surface area (Å²) >= 11 is 0. The number of aromatic nitrogens is 4. The molecule has 2 heterocycles. The van der Waals surface area contributed by atoms with Crippen molar-refractivity contribution in [2.24, 2.45) is 0 Å². The summed E-state index contributed by atoms with van der Waals surface area (Å²) in [5, 5.41) is 15.8. The maximum absolute atomic E-state index is 12.9. The Bertz CT molecular complexity index is 1600. The van der Waals surface area contributed by atoms with E-state index in [1.807, 2.05) is 54.6 Å². The molecule has 10 heteroatoms. The topological polar surface area (TPSA) is 121 Å². The fourth-order valence-corrected chi connectivity index (χ4v) is 3.78. The second kappa shape index (κ2) is 9.71. The van der Waals surface area contributed by atoms with E-state index in [-0.39, 0.29) is 5.70 Å². The summed E-state index contributed by atoms with van der Waals surface area (Å²) in [5.41, 5.74) is 2.51. The predicted octanol–water partition coefficient (Wildman–Crippen LogP) is 4.07. The fraction of sp³-hybridized carbons (Fsp3) is 0.115. The predicted molar refractivity (Wildman–Crippen MR) is 133 cm³/mol. The lowest BCUT2D eigenvalue weighted by atomic mass is 10.1. The number of methoxy groups -OCH3 is 1. The Balaban J connectivity index is 1.34.